The molecule has 1 aliphatic heterocycles. The van der Waals surface area contributed by atoms with Crippen molar-refractivity contribution in [3.05, 3.63) is 0 Å². The fourth-order valence-corrected chi connectivity index (χ4v) is 1.65. The smallest absolute Gasteiger partial charge is 0.325 e. The van der Waals surface area contributed by atoms with Gasteiger partial charge < -0.3 is 15.5 Å². The first-order chi connectivity index (χ1) is 8.14. The second-order valence-electron chi connectivity index (χ2n) is 3.39. The van der Waals surface area contributed by atoms with E-state index >= 15 is 0 Å². The summed E-state index contributed by atoms with van der Waals surface area (Å²) in [7, 11) is -4.84. The van der Waals surface area contributed by atoms with Gasteiger partial charge in [-0.2, -0.15) is 8.42 Å². The summed E-state index contributed by atoms with van der Waals surface area (Å²) in [5.41, 5.74) is 0. The van der Waals surface area contributed by atoms with Crippen molar-refractivity contribution in [1.29, 1.82) is 0 Å². The van der Waals surface area contributed by atoms with Crippen LogP contribution in [0.5, 0.6) is 0 Å². The van der Waals surface area contributed by atoms with Crippen molar-refractivity contribution < 1.29 is 37.6 Å². The molecular formula is C8H13NO8S. The monoisotopic (exact) mass is 283 g/mol. The van der Waals surface area contributed by atoms with Crippen molar-refractivity contribution >= 4 is 28.0 Å². The maximum atomic E-state index is 10.2. The highest BCUT2D eigenvalue weighted by molar-refractivity contribution is 7.87. The van der Waals surface area contributed by atoms with Crippen LogP contribution in [0.2, 0.25) is 0 Å². The van der Waals surface area contributed by atoms with E-state index in [1.807, 2.05) is 0 Å². The molecule has 0 saturated carbocycles. The molecule has 9 nitrogen and oxygen atoms in total. The van der Waals surface area contributed by atoms with Gasteiger partial charge in [-0.05, 0) is 6.42 Å². The summed E-state index contributed by atoms with van der Waals surface area (Å²) in [5, 5.41) is 16.6. The molecule has 1 rings (SSSR count). The molecule has 1 unspecified atom stereocenters. The quantitative estimate of drug-likeness (QED) is 0.463. The van der Waals surface area contributed by atoms with Crippen molar-refractivity contribution in [2.75, 3.05) is 6.54 Å². The largest absolute Gasteiger partial charge is 0.481 e. The van der Waals surface area contributed by atoms with Gasteiger partial charge >= 0.3 is 11.9 Å². The van der Waals surface area contributed by atoms with Gasteiger partial charge in [-0.25, -0.2) is 0 Å². The van der Waals surface area contributed by atoms with Crippen LogP contribution in [-0.2, 0) is 24.5 Å². The van der Waals surface area contributed by atoms with Gasteiger partial charge in [0.25, 0.3) is 10.1 Å². The average molecular weight is 283 g/mol. The topological polar surface area (TPSA) is 158 Å². The number of aliphatic carboxylic acids is 2. The molecule has 0 aliphatic carbocycles. The van der Waals surface area contributed by atoms with Gasteiger partial charge in [0.2, 0.25) is 5.91 Å². The summed E-state index contributed by atoms with van der Waals surface area (Å²) in [4.78, 5) is 30.1. The first kappa shape index (κ1) is 16.3. The van der Waals surface area contributed by atoms with Crippen molar-refractivity contribution in [2.24, 2.45) is 0 Å². The summed E-state index contributed by atoms with van der Waals surface area (Å²) < 4.78 is 28.7. The van der Waals surface area contributed by atoms with Crippen LogP contribution < -0.4 is 5.32 Å². The second kappa shape index (κ2) is 6.91. The third-order valence-electron chi connectivity index (χ3n) is 1.90. The molecule has 18 heavy (non-hydrogen) atoms. The van der Waals surface area contributed by atoms with Crippen LogP contribution >= 0.6 is 0 Å². The zero-order chi connectivity index (χ0) is 14.3. The minimum atomic E-state index is -4.84. The first-order valence-electron chi connectivity index (χ1n) is 4.82. The van der Waals surface area contributed by atoms with Gasteiger partial charge in [-0.1, -0.05) is 0 Å². The number of amides is 1. The molecule has 0 spiro atoms. The maximum absolute atomic E-state index is 10.2. The van der Waals surface area contributed by atoms with Crippen LogP contribution in [0.3, 0.4) is 0 Å². The molecule has 1 saturated heterocycles. The fourth-order valence-electron chi connectivity index (χ4n) is 1.04. The third kappa shape index (κ3) is 6.81. The summed E-state index contributed by atoms with van der Waals surface area (Å²) >= 11 is 0. The van der Waals surface area contributed by atoms with Gasteiger partial charge in [-0.3, -0.25) is 18.9 Å². The van der Waals surface area contributed by atoms with E-state index in [0.717, 1.165) is 19.4 Å². The SMILES string of the molecule is O=C(O)CC(C(=O)O)S(=O)(=O)O.O=C1CCCN1. The number of carbonyl (C=O) groups excluding carboxylic acids is 1. The van der Waals surface area contributed by atoms with Crippen molar-refractivity contribution in [2.45, 2.75) is 24.5 Å². The van der Waals surface area contributed by atoms with E-state index in [9.17, 15) is 22.8 Å². The van der Waals surface area contributed by atoms with Crippen LogP contribution in [0.25, 0.3) is 0 Å². The van der Waals surface area contributed by atoms with Gasteiger partial charge in [0.05, 0.1) is 6.42 Å². The Bertz CT molecular complexity index is 420. The third-order valence-corrected chi connectivity index (χ3v) is 2.99. The summed E-state index contributed by atoms with van der Waals surface area (Å²) in [5.74, 6) is -3.30. The molecule has 0 radical (unpaired) electrons. The van der Waals surface area contributed by atoms with Gasteiger partial charge in [-0.15, -0.1) is 0 Å². The van der Waals surface area contributed by atoms with E-state index < -0.39 is 33.7 Å². The van der Waals surface area contributed by atoms with E-state index in [4.69, 9.17) is 14.8 Å². The molecule has 4 N–H and O–H groups in total. The van der Waals surface area contributed by atoms with Crippen molar-refractivity contribution in [3.63, 3.8) is 0 Å². The van der Waals surface area contributed by atoms with Gasteiger partial charge in [0.15, 0.2) is 5.25 Å². The number of carboxylic acid groups (broad SMARTS) is 2. The summed E-state index contributed by atoms with van der Waals surface area (Å²) in [6.45, 7) is 0.888. The van der Waals surface area contributed by atoms with E-state index in [0.29, 0.717) is 0 Å². The van der Waals surface area contributed by atoms with Crippen LogP contribution in [0.1, 0.15) is 19.3 Å². The Kier molecular flexibility index (Phi) is 6.27. The molecule has 1 fully saturated rings. The highest BCUT2D eigenvalue weighted by Crippen LogP contribution is 2.04. The van der Waals surface area contributed by atoms with E-state index in [2.05, 4.69) is 5.32 Å². The van der Waals surface area contributed by atoms with E-state index in [1.165, 1.54) is 0 Å². The molecule has 0 aromatic heterocycles. The normalized spacial score (nSPS) is 16.2. The van der Waals surface area contributed by atoms with Crippen molar-refractivity contribution in [3.8, 4) is 0 Å². The lowest BCUT2D eigenvalue weighted by Gasteiger charge is -2.04. The number of hydrogen-bond donors (Lipinski definition) is 4. The maximum Gasteiger partial charge on any atom is 0.325 e. The van der Waals surface area contributed by atoms with E-state index in [1.54, 1.807) is 0 Å². The summed E-state index contributed by atoms with van der Waals surface area (Å²) in [6.07, 6.45) is 0.604. The Hall–Kier alpha value is -1.68. The lowest BCUT2D eigenvalue weighted by molar-refractivity contribution is -0.143. The molecule has 1 atom stereocenters. The van der Waals surface area contributed by atoms with Crippen LogP contribution in [0, 0.1) is 0 Å². The Morgan fingerprint density at radius 3 is 2.00 bits per heavy atom. The number of hydrogen-bond acceptors (Lipinski definition) is 5. The van der Waals surface area contributed by atoms with Gasteiger partial charge in [0.1, 0.15) is 0 Å². The van der Waals surface area contributed by atoms with Gasteiger partial charge in [0, 0.05) is 13.0 Å². The molecule has 1 aliphatic rings. The van der Waals surface area contributed by atoms with Crippen LogP contribution in [0.4, 0.5) is 0 Å². The van der Waals surface area contributed by atoms with Crippen LogP contribution in [0.15, 0.2) is 0 Å². The lowest BCUT2D eigenvalue weighted by atomic mass is 10.3. The zero-order valence-corrected chi connectivity index (χ0v) is 10.0. The Morgan fingerprint density at radius 1 is 1.33 bits per heavy atom. The Balaban J connectivity index is 0.000000397. The number of rotatable bonds is 4. The molecule has 0 aromatic carbocycles. The highest BCUT2D eigenvalue weighted by Gasteiger charge is 2.33. The molecule has 1 amide bonds. The predicted octanol–water partition coefficient (Wildman–Crippen LogP) is -1.30. The highest BCUT2D eigenvalue weighted by atomic mass is 32.2. The molecule has 0 aromatic rings. The molecular weight excluding hydrogens is 270 g/mol. The Labute approximate surface area is 103 Å². The molecule has 1 heterocycles. The molecule has 104 valence electrons. The Morgan fingerprint density at radius 2 is 1.89 bits per heavy atom. The number of nitrogens with one attached hydrogen (secondary N) is 1. The van der Waals surface area contributed by atoms with Crippen LogP contribution in [-0.4, -0.2) is 52.8 Å². The standard InChI is InChI=1S/C4H7NO.C4H6O7S/c6-4-2-1-3-5-4;5-3(6)1-2(4(7)8)12(9,10)11/h1-3H2,(H,5,6);2H,1H2,(H,5,6)(H,7,8)(H,9,10,11). The molecule has 0 bridgehead atoms. The minimum Gasteiger partial charge on any atom is -0.481 e. The average Bonchev–Trinajstić information content (AvgIpc) is 2.64. The predicted molar refractivity (Wildman–Crippen MR) is 57.5 cm³/mol. The fraction of sp³-hybridized carbons (Fsp3) is 0.625. The summed E-state index contributed by atoms with van der Waals surface area (Å²) in [6, 6.07) is 0. The molecule has 10 heteroatoms. The minimum absolute atomic E-state index is 0.204. The lowest BCUT2D eigenvalue weighted by Crippen LogP contribution is -2.31. The number of carbonyl (C=O) groups is 3. The zero-order valence-electron chi connectivity index (χ0n) is 9.20. The first-order valence-corrected chi connectivity index (χ1v) is 6.32. The second-order valence-corrected chi connectivity index (χ2v) is 4.99. The van der Waals surface area contributed by atoms with E-state index in [-0.39, 0.29) is 5.91 Å². The van der Waals surface area contributed by atoms with Crippen molar-refractivity contribution in [1.82, 2.24) is 5.32 Å². The number of carboxylic acids is 2.